The zero-order valence-electron chi connectivity index (χ0n) is 29.6. The molecule has 10 heteroatoms. The predicted octanol–water partition coefficient (Wildman–Crippen LogP) is 8.72. The topological polar surface area (TPSA) is 95.8 Å². The van der Waals surface area contributed by atoms with E-state index in [9.17, 15) is 9.18 Å². The van der Waals surface area contributed by atoms with Crippen molar-refractivity contribution in [3.05, 3.63) is 121 Å². The lowest BCUT2D eigenvalue weighted by atomic mass is 9.92. The van der Waals surface area contributed by atoms with E-state index >= 15 is 4.79 Å². The van der Waals surface area contributed by atoms with Gasteiger partial charge in [0.05, 0.1) is 25.7 Å². The van der Waals surface area contributed by atoms with Crippen LogP contribution in [-0.4, -0.2) is 51.5 Å². The van der Waals surface area contributed by atoms with Gasteiger partial charge in [-0.15, -0.1) is 0 Å². The molecule has 1 aliphatic rings. The van der Waals surface area contributed by atoms with Crippen LogP contribution in [0.5, 0.6) is 0 Å². The van der Waals surface area contributed by atoms with E-state index in [0.717, 1.165) is 27.9 Å². The molecule has 4 heterocycles. The molecule has 9 nitrogen and oxygen atoms in total. The minimum absolute atomic E-state index is 0.122. The van der Waals surface area contributed by atoms with Gasteiger partial charge < -0.3 is 18.8 Å². The Hall–Kier alpha value is -5.19. The molecule has 51 heavy (non-hydrogen) atoms. The number of pyridine rings is 2. The number of methoxy groups -OCH3 is 1. The Balaban J connectivity index is 1.56. The molecular weight excluding hydrogens is 647 g/mol. The summed E-state index contributed by atoms with van der Waals surface area (Å²) in [5.41, 5.74) is 4.53. The Kier molecular flexibility index (Phi) is 10.7. The Bertz CT molecular complexity index is 1910. The number of benzene rings is 2. The van der Waals surface area contributed by atoms with Gasteiger partial charge in [-0.25, -0.2) is 19.3 Å². The van der Waals surface area contributed by atoms with Crippen molar-refractivity contribution in [2.24, 2.45) is 0 Å². The molecule has 0 bridgehead atoms. The van der Waals surface area contributed by atoms with Crippen molar-refractivity contribution in [3.63, 3.8) is 0 Å². The highest BCUT2D eigenvalue weighted by molar-refractivity contribution is 6.15. The van der Waals surface area contributed by atoms with E-state index in [4.69, 9.17) is 14.2 Å². The van der Waals surface area contributed by atoms with E-state index in [0.29, 0.717) is 36.6 Å². The summed E-state index contributed by atoms with van der Waals surface area (Å²) in [5.74, 6) is -1.07. The summed E-state index contributed by atoms with van der Waals surface area (Å²) in [6.07, 6.45) is 4.37. The number of hydrogen-bond acceptors (Lipinski definition) is 7. The summed E-state index contributed by atoms with van der Waals surface area (Å²) in [5, 5.41) is 0. The normalized spacial score (nSPS) is 16.9. The van der Waals surface area contributed by atoms with Gasteiger partial charge in [0, 0.05) is 41.7 Å². The van der Waals surface area contributed by atoms with Crippen LogP contribution in [0, 0.1) is 5.82 Å². The van der Waals surface area contributed by atoms with Crippen LogP contribution in [0.1, 0.15) is 69.2 Å². The Morgan fingerprint density at radius 1 is 0.863 bits per heavy atom. The molecule has 0 spiro atoms. The number of aromatic nitrogens is 3. The third kappa shape index (κ3) is 7.92. The van der Waals surface area contributed by atoms with Crippen molar-refractivity contribution in [1.82, 2.24) is 14.5 Å². The number of amides is 1. The minimum Gasteiger partial charge on any atom is -0.469 e. The third-order valence-corrected chi connectivity index (χ3v) is 8.93. The average molecular weight is 691 g/mol. The lowest BCUT2D eigenvalue weighted by Gasteiger charge is -2.40. The number of esters is 1. The minimum atomic E-state index is -0.913. The first-order valence-corrected chi connectivity index (χ1v) is 17.2. The fraction of sp³-hybridized carbons (Fsp3) is 0.317. The van der Waals surface area contributed by atoms with Gasteiger partial charge in [-0.05, 0) is 88.1 Å². The van der Waals surface area contributed by atoms with Gasteiger partial charge in [0.15, 0.2) is 5.79 Å². The number of rotatable bonds is 11. The molecule has 5 aromatic rings. The van der Waals surface area contributed by atoms with E-state index in [1.54, 1.807) is 53.7 Å². The smallest absolute Gasteiger partial charge is 0.308 e. The highest BCUT2D eigenvalue weighted by Crippen LogP contribution is 2.44. The van der Waals surface area contributed by atoms with Gasteiger partial charge in [-0.2, -0.15) is 0 Å². The summed E-state index contributed by atoms with van der Waals surface area (Å²) in [6.45, 7) is 7.79. The molecule has 1 amide bonds. The second-order valence-electron chi connectivity index (χ2n) is 13.3. The van der Waals surface area contributed by atoms with Crippen LogP contribution in [0.15, 0.2) is 103 Å². The Labute approximate surface area is 298 Å². The second-order valence-corrected chi connectivity index (χ2v) is 13.3. The van der Waals surface area contributed by atoms with Crippen LogP contribution in [0.25, 0.3) is 22.3 Å². The molecule has 6 rings (SSSR count). The van der Waals surface area contributed by atoms with Crippen molar-refractivity contribution in [2.45, 2.75) is 77.4 Å². The van der Waals surface area contributed by atoms with Gasteiger partial charge in [-0.1, -0.05) is 54.6 Å². The van der Waals surface area contributed by atoms with Crippen molar-refractivity contribution in [2.75, 3.05) is 12.0 Å². The molecule has 264 valence electrons. The fourth-order valence-electron chi connectivity index (χ4n) is 6.97. The molecule has 2 aromatic carbocycles. The van der Waals surface area contributed by atoms with Crippen LogP contribution in [0.2, 0.25) is 0 Å². The number of ether oxygens (including phenoxy) is 3. The van der Waals surface area contributed by atoms with Gasteiger partial charge >= 0.3 is 5.97 Å². The molecule has 1 saturated heterocycles. The molecule has 3 aromatic heterocycles. The standard InChI is InChI=1S/C41H43FN4O5/c1-27(2)45-33(22-21-31-25-32(26-36(47)49-5)51-41(3,4)50-31)37(29-17-19-30(42)20-18-29)38(28-13-7-6-8-14-28)39(45)40(48)46(34-15-9-11-23-43-34)35-16-10-12-24-44-35/h6-20,23-24,27,31-32H,21-22,25-26H2,1-5H3. The molecule has 0 radical (unpaired) electrons. The predicted molar refractivity (Wildman–Crippen MR) is 194 cm³/mol. The fourth-order valence-corrected chi connectivity index (χ4v) is 6.97. The molecule has 2 unspecified atom stereocenters. The van der Waals surface area contributed by atoms with Crippen molar-refractivity contribution < 1.29 is 28.2 Å². The zero-order valence-corrected chi connectivity index (χ0v) is 29.6. The first-order valence-electron chi connectivity index (χ1n) is 17.2. The van der Waals surface area contributed by atoms with Crippen LogP contribution in [0.3, 0.4) is 0 Å². The highest BCUT2D eigenvalue weighted by Gasteiger charge is 2.38. The van der Waals surface area contributed by atoms with Crippen LogP contribution < -0.4 is 4.90 Å². The van der Waals surface area contributed by atoms with Crippen molar-refractivity contribution in [1.29, 1.82) is 0 Å². The third-order valence-electron chi connectivity index (χ3n) is 8.93. The number of nitrogens with zero attached hydrogens (tertiary/aromatic N) is 4. The summed E-state index contributed by atoms with van der Waals surface area (Å²) in [7, 11) is 1.37. The Morgan fingerprint density at radius 2 is 1.45 bits per heavy atom. The van der Waals surface area contributed by atoms with Crippen LogP contribution >= 0.6 is 0 Å². The maximum Gasteiger partial charge on any atom is 0.308 e. The van der Waals surface area contributed by atoms with E-state index < -0.39 is 5.79 Å². The maximum atomic E-state index is 15.4. The number of anilines is 2. The van der Waals surface area contributed by atoms with Gasteiger partial charge in [0.2, 0.25) is 0 Å². The molecule has 1 aliphatic heterocycles. The van der Waals surface area contributed by atoms with Gasteiger partial charge in [-0.3, -0.25) is 9.59 Å². The Morgan fingerprint density at radius 3 is 2.02 bits per heavy atom. The summed E-state index contributed by atoms with van der Waals surface area (Å²) in [4.78, 5) is 38.3. The molecule has 2 atom stereocenters. The average Bonchev–Trinajstić information content (AvgIpc) is 3.47. The molecular formula is C41H43FN4O5. The summed E-state index contributed by atoms with van der Waals surface area (Å²) < 4.78 is 33.9. The van der Waals surface area contributed by atoms with Crippen LogP contribution in [0.4, 0.5) is 16.0 Å². The lowest BCUT2D eigenvalue weighted by Crippen LogP contribution is -2.45. The maximum absolute atomic E-state index is 15.4. The zero-order chi connectivity index (χ0) is 36.1. The van der Waals surface area contributed by atoms with E-state index in [2.05, 4.69) is 28.4 Å². The second kappa shape index (κ2) is 15.4. The quantitative estimate of drug-likeness (QED) is 0.128. The van der Waals surface area contributed by atoms with Gasteiger partial charge in [0.25, 0.3) is 5.91 Å². The highest BCUT2D eigenvalue weighted by atomic mass is 19.1. The number of halogens is 1. The molecule has 1 fully saturated rings. The molecule has 0 N–H and O–H groups in total. The van der Waals surface area contributed by atoms with Gasteiger partial charge in [0.1, 0.15) is 23.1 Å². The van der Waals surface area contributed by atoms with Crippen molar-refractivity contribution in [3.8, 4) is 22.3 Å². The summed E-state index contributed by atoms with van der Waals surface area (Å²) >= 11 is 0. The molecule has 0 aliphatic carbocycles. The molecule has 0 saturated carbocycles. The van der Waals surface area contributed by atoms with E-state index in [1.807, 2.05) is 56.3 Å². The van der Waals surface area contributed by atoms with Crippen LogP contribution in [-0.2, 0) is 25.4 Å². The van der Waals surface area contributed by atoms with E-state index in [1.165, 1.54) is 19.2 Å². The lowest BCUT2D eigenvalue weighted by molar-refractivity contribution is -0.300. The monoisotopic (exact) mass is 690 g/mol. The largest absolute Gasteiger partial charge is 0.469 e. The SMILES string of the molecule is COC(=O)CC1CC(CCc2c(-c3ccc(F)cc3)c(-c3ccccc3)c(C(=O)N(c3ccccn3)c3ccccn3)n2C(C)C)OC(C)(C)O1. The van der Waals surface area contributed by atoms with Crippen molar-refractivity contribution >= 4 is 23.5 Å². The number of carbonyl (C=O) groups excluding carboxylic acids is 2. The first kappa shape index (κ1) is 35.6. The number of carbonyl (C=O) groups is 2. The first-order chi connectivity index (χ1) is 24.6. The summed E-state index contributed by atoms with van der Waals surface area (Å²) in [6, 6.07) is 26.9. The van der Waals surface area contributed by atoms with E-state index in [-0.39, 0.29) is 42.4 Å². The number of hydrogen-bond donors (Lipinski definition) is 0.